The minimum atomic E-state index is 0.235. The zero-order valence-corrected chi connectivity index (χ0v) is 15.1. The molecule has 0 aliphatic rings. The second-order valence-electron chi connectivity index (χ2n) is 5.41. The molecule has 1 atom stereocenters. The molecule has 0 heterocycles. The van der Waals surface area contributed by atoms with E-state index >= 15 is 0 Å². The third-order valence-corrected chi connectivity index (χ3v) is 4.70. The Bertz CT molecular complexity index is 379. The van der Waals surface area contributed by atoms with Crippen molar-refractivity contribution in [2.24, 2.45) is 0 Å². The Balaban J connectivity index is 2.64. The molecule has 0 fully saturated rings. The lowest BCUT2D eigenvalue weighted by Crippen LogP contribution is -2.38. The van der Waals surface area contributed by atoms with E-state index in [0.29, 0.717) is 12.1 Å². The van der Waals surface area contributed by atoms with E-state index in [1.165, 1.54) is 5.56 Å². The molecular weight excluding hydrogens is 328 g/mol. The smallest absolute Gasteiger partial charge is 0.0558 e. The van der Waals surface area contributed by atoms with Crippen molar-refractivity contribution in [3.63, 3.8) is 0 Å². The second-order valence-corrected chi connectivity index (χ2v) is 6.33. The summed E-state index contributed by atoms with van der Waals surface area (Å²) in [6.07, 6.45) is 3.33. The number of hydrogen-bond acceptors (Lipinski definition) is 3. The van der Waals surface area contributed by atoms with Crippen LogP contribution in [0.2, 0.25) is 0 Å². The third-order valence-electron chi connectivity index (χ3n) is 4.17. The summed E-state index contributed by atoms with van der Waals surface area (Å²) in [5.74, 6) is 0. The fraction of sp³-hybridized carbons (Fsp3) is 0.647. The fourth-order valence-electron chi connectivity index (χ4n) is 2.88. The maximum atomic E-state index is 9.28. The first-order valence-electron chi connectivity index (χ1n) is 7.93. The molecule has 4 heteroatoms. The highest BCUT2D eigenvalue weighted by Crippen LogP contribution is 2.20. The number of rotatable bonds is 10. The van der Waals surface area contributed by atoms with Gasteiger partial charge in [0, 0.05) is 29.6 Å². The zero-order valence-electron chi connectivity index (χ0n) is 13.5. The molecule has 0 radical (unpaired) electrons. The average Bonchev–Trinajstić information content (AvgIpc) is 2.50. The molecule has 3 nitrogen and oxygen atoms in total. The molecule has 0 aliphatic carbocycles. The minimum Gasteiger partial charge on any atom is -0.395 e. The van der Waals surface area contributed by atoms with E-state index in [-0.39, 0.29) is 6.61 Å². The summed E-state index contributed by atoms with van der Waals surface area (Å²) in [5.41, 5.74) is 1.31. The molecule has 120 valence electrons. The normalized spacial score (nSPS) is 13.1. The van der Waals surface area contributed by atoms with Crippen molar-refractivity contribution in [3.8, 4) is 0 Å². The summed E-state index contributed by atoms with van der Waals surface area (Å²) in [6, 6.07) is 9.43. The Morgan fingerprint density at radius 3 is 2.24 bits per heavy atom. The van der Waals surface area contributed by atoms with Crippen LogP contribution in [0, 0.1) is 0 Å². The number of halogens is 1. The number of nitrogens with one attached hydrogen (secondary N) is 1. The van der Waals surface area contributed by atoms with Crippen molar-refractivity contribution in [2.45, 2.75) is 45.2 Å². The van der Waals surface area contributed by atoms with Gasteiger partial charge in [-0.3, -0.25) is 4.90 Å². The molecule has 0 spiro atoms. The Morgan fingerprint density at radius 2 is 1.76 bits per heavy atom. The first-order chi connectivity index (χ1) is 10.2. The molecule has 21 heavy (non-hydrogen) atoms. The van der Waals surface area contributed by atoms with E-state index in [0.717, 1.165) is 36.8 Å². The zero-order chi connectivity index (χ0) is 15.7. The molecule has 0 bridgehead atoms. The lowest BCUT2D eigenvalue weighted by molar-refractivity contribution is 0.138. The largest absolute Gasteiger partial charge is 0.395 e. The molecule has 0 saturated heterocycles. The number of benzene rings is 1. The van der Waals surface area contributed by atoms with Crippen LogP contribution in [0.4, 0.5) is 0 Å². The SMILES string of the molecule is CCC(CC)N(CCO)CCC(NC)c1ccc(Br)cc1. The van der Waals surface area contributed by atoms with Crippen molar-refractivity contribution < 1.29 is 5.11 Å². The average molecular weight is 357 g/mol. The van der Waals surface area contributed by atoms with E-state index in [1.807, 2.05) is 7.05 Å². The summed E-state index contributed by atoms with van der Waals surface area (Å²) in [5, 5.41) is 12.7. The summed E-state index contributed by atoms with van der Waals surface area (Å²) < 4.78 is 1.11. The highest BCUT2D eigenvalue weighted by Gasteiger charge is 2.17. The number of aliphatic hydroxyl groups is 1. The van der Waals surface area contributed by atoms with Gasteiger partial charge in [0.15, 0.2) is 0 Å². The van der Waals surface area contributed by atoms with Crippen LogP contribution in [0.1, 0.15) is 44.7 Å². The minimum absolute atomic E-state index is 0.235. The van der Waals surface area contributed by atoms with Gasteiger partial charge in [0.2, 0.25) is 0 Å². The lowest BCUT2D eigenvalue weighted by atomic mass is 10.0. The van der Waals surface area contributed by atoms with Crippen LogP contribution < -0.4 is 5.32 Å². The number of aliphatic hydroxyl groups excluding tert-OH is 1. The predicted molar refractivity (Wildman–Crippen MR) is 93.6 cm³/mol. The van der Waals surface area contributed by atoms with Crippen molar-refractivity contribution in [1.82, 2.24) is 10.2 Å². The molecule has 1 aromatic rings. The summed E-state index contributed by atoms with van der Waals surface area (Å²) in [7, 11) is 2.01. The molecule has 0 aliphatic heterocycles. The first kappa shape index (κ1) is 18.6. The summed E-state index contributed by atoms with van der Waals surface area (Å²) in [4.78, 5) is 2.42. The first-order valence-corrected chi connectivity index (χ1v) is 8.73. The molecular formula is C17H29BrN2O. The van der Waals surface area contributed by atoms with Gasteiger partial charge in [0.25, 0.3) is 0 Å². The third kappa shape index (κ3) is 6.07. The van der Waals surface area contributed by atoms with Crippen LogP contribution in [-0.4, -0.2) is 42.8 Å². The molecule has 2 N–H and O–H groups in total. The van der Waals surface area contributed by atoms with Crippen LogP contribution in [0.25, 0.3) is 0 Å². The van der Waals surface area contributed by atoms with Crippen LogP contribution >= 0.6 is 15.9 Å². The quantitative estimate of drug-likeness (QED) is 0.672. The van der Waals surface area contributed by atoms with Gasteiger partial charge in [0.1, 0.15) is 0 Å². The van der Waals surface area contributed by atoms with Gasteiger partial charge in [-0.15, -0.1) is 0 Å². The van der Waals surface area contributed by atoms with E-state index in [2.05, 4.69) is 64.3 Å². The van der Waals surface area contributed by atoms with Crippen LogP contribution in [0.3, 0.4) is 0 Å². The maximum Gasteiger partial charge on any atom is 0.0558 e. The van der Waals surface area contributed by atoms with Crippen LogP contribution in [0.15, 0.2) is 28.7 Å². The van der Waals surface area contributed by atoms with Gasteiger partial charge < -0.3 is 10.4 Å². The molecule has 0 saturated carbocycles. The molecule has 1 rings (SSSR count). The predicted octanol–water partition coefficient (Wildman–Crippen LogP) is 3.58. The number of hydrogen-bond donors (Lipinski definition) is 2. The van der Waals surface area contributed by atoms with Crippen LogP contribution in [0.5, 0.6) is 0 Å². The van der Waals surface area contributed by atoms with E-state index < -0.39 is 0 Å². The maximum absolute atomic E-state index is 9.28. The van der Waals surface area contributed by atoms with Gasteiger partial charge in [-0.05, 0) is 44.0 Å². The molecule has 0 amide bonds. The van der Waals surface area contributed by atoms with E-state index in [9.17, 15) is 5.11 Å². The standard InChI is InChI=1S/C17H29BrN2O/c1-4-16(5-2)20(12-13-21)11-10-17(19-3)14-6-8-15(18)9-7-14/h6-9,16-17,19,21H,4-5,10-13H2,1-3H3. The van der Waals surface area contributed by atoms with Gasteiger partial charge >= 0.3 is 0 Å². The Morgan fingerprint density at radius 1 is 1.14 bits per heavy atom. The fourth-order valence-corrected chi connectivity index (χ4v) is 3.14. The second kappa shape index (κ2) is 10.3. The Kier molecular flexibility index (Phi) is 9.16. The van der Waals surface area contributed by atoms with Crippen molar-refractivity contribution >= 4 is 15.9 Å². The monoisotopic (exact) mass is 356 g/mol. The molecule has 0 aromatic heterocycles. The molecule has 1 unspecified atom stereocenters. The summed E-state index contributed by atoms with van der Waals surface area (Å²) >= 11 is 3.48. The topological polar surface area (TPSA) is 35.5 Å². The van der Waals surface area contributed by atoms with Gasteiger partial charge in [0.05, 0.1) is 6.61 Å². The van der Waals surface area contributed by atoms with Crippen LogP contribution in [-0.2, 0) is 0 Å². The van der Waals surface area contributed by atoms with E-state index in [4.69, 9.17) is 0 Å². The van der Waals surface area contributed by atoms with Gasteiger partial charge in [-0.25, -0.2) is 0 Å². The van der Waals surface area contributed by atoms with Crippen molar-refractivity contribution in [1.29, 1.82) is 0 Å². The van der Waals surface area contributed by atoms with E-state index in [1.54, 1.807) is 0 Å². The van der Waals surface area contributed by atoms with Gasteiger partial charge in [-0.1, -0.05) is 41.9 Å². The summed E-state index contributed by atoms with van der Waals surface area (Å²) in [6.45, 7) is 6.46. The number of nitrogens with zero attached hydrogens (tertiary/aromatic N) is 1. The molecule has 1 aromatic carbocycles. The lowest BCUT2D eigenvalue weighted by Gasteiger charge is -2.31. The highest BCUT2D eigenvalue weighted by molar-refractivity contribution is 9.10. The Hall–Kier alpha value is -0.420. The van der Waals surface area contributed by atoms with Crippen molar-refractivity contribution in [3.05, 3.63) is 34.3 Å². The van der Waals surface area contributed by atoms with Gasteiger partial charge in [-0.2, -0.15) is 0 Å². The highest BCUT2D eigenvalue weighted by atomic mass is 79.9. The Labute approximate surface area is 137 Å². The van der Waals surface area contributed by atoms with Crippen molar-refractivity contribution in [2.75, 3.05) is 26.7 Å².